The van der Waals surface area contributed by atoms with Gasteiger partial charge in [0.05, 0.1) is 5.25 Å². The van der Waals surface area contributed by atoms with Gasteiger partial charge in [0.25, 0.3) is 0 Å². The summed E-state index contributed by atoms with van der Waals surface area (Å²) in [4.78, 5) is 27.0. The Balaban J connectivity index is 1.66. The minimum absolute atomic E-state index is 0.0191. The molecule has 1 heterocycles. The molecule has 1 atom stereocenters. The van der Waals surface area contributed by atoms with Crippen molar-refractivity contribution >= 4 is 24.4 Å². The number of amides is 2. The lowest BCUT2D eigenvalue weighted by molar-refractivity contribution is -0.132. The molecule has 1 aromatic heterocycles. The fraction of sp³-hybridized carbons (Fsp3) is 0.444. The highest BCUT2D eigenvalue weighted by Gasteiger charge is 2.22. The predicted molar refractivity (Wildman–Crippen MR) is 145 cm³/mol. The van der Waals surface area contributed by atoms with Crippen LogP contribution in [0.25, 0.3) is 22.5 Å². The van der Waals surface area contributed by atoms with E-state index in [0.717, 1.165) is 28.7 Å². The number of carbonyl (C=O) groups is 2. The van der Waals surface area contributed by atoms with Crippen molar-refractivity contribution in [3.8, 4) is 22.5 Å². The second-order valence-corrected chi connectivity index (χ2v) is 10.8. The van der Waals surface area contributed by atoms with Crippen molar-refractivity contribution in [2.45, 2.75) is 58.8 Å². The summed E-state index contributed by atoms with van der Waals surface area (Å²) in [6.45, 7) is 9.58. The van der Waals surface area contributed by atoms with Crippen LogP contribution in [0.5, 0.6) is 0 Å². The fourth-order valence-electron chi connectivity index (χ4n) is 3.99. The number of nitrogens with zero attached hydrogens (tertiary/aromatic N) is 4. The molecule has 0 aliphatic carbocycles. The first-order chi connectivity index (χ1) is 17.2. The maximum absolute atomic E-state index is 12.8. The lowest BCUT2D eigenvalue weighted by atomic mass is 9.90. The molecule has 0 aliphatic heterocycles. The average Bonchev–Trinajstić information content (AvgIpc) is 3.38. The summed E-state index contributed by atoms with van der Waals surface area (Å²) in [5.74, 6) is 0.594. The topological polar surface area (TPSA) is 104 Å². The number of H-pyrrole nitrogens is 1. The second kappa shape index (κ2) is 12.7. The molecule has 36 heavy (non-hydrogen) atoms. The van der Waals surface area contributed by atoms with E-state index in [1.165, 1.54) is 0 Å². The van der Waals surface area contributed by atoms with Gasteiger partial charge in [0, 0.05) is 31.6 Å². The maximum Gasteiger partial charge on any atom is 0.232 e. The Morgan fingerprint density at radius 3 is 2.39 bits per heavy atom. The normalized spacial score (nSPS) is 12.2. The van der Waals surface area contributed by atoms with Crippen molar-refractivity contribution in [3.63, 3.8) is 0 Å². The van der Waals surface area contributed by atoms with Gasteiger partial charge >= 0.3 is 0 Å². The first kappa shape index (κ1) is 27.4. The Labute approximate surface area is 218 Å². The molecule has 2 N–H and O–H groups in total. The standard InChI is InChI=1S/C27H36N6O2S/c1-5-8-24(34)33(16-15-28-26(35)23(36)17-27(2,3)4)18-19-11-13-20(14-12-19)21-9-6-7-10-22(21)25-29-31-32-30-25/h6-7,9-14,23,36H,5,8,15-18H2,1-4H3,(H,28,35)(H,29,30,31,32)/t23-/m1/s1. The summed E-state index contributed by atoms with van der Waals surface area (Å²) < 4.78 is 0. The third-order valence-electron chi connectivity index (χ3n) is 5.77. The number of aromatic nitrogens is 4. The SMILES string of the molecule is CCCC(=O)N(CCNC(=O)[C@H](S)CC(C)(C)C)Cc1ccc(-c2ccccc2-c2nnn[nH]2)cc1. The van der Waals surface area contributed by atoms with Gasteiger partial charge in [0.15, 0.2) is 5.82 Å². The Morgan fingerprint density at radius 2 is 1.78 bits per heavy atom. The van der Waals surface area contributed by atoms with Crippen molar-refractivity contribution in [2.75, 3.05) is 13.1 Å². The quantitative estimate of drug-likeness (QED) is 0.331. The molecule has 2 aromatic carbocycles. The Kier molecular flexibility index (Phi) is 9.64. The lowest BCUT2D eigenvalue weighted by Crippen LogP contribution is -2.41. The van der Waals surface area contributed by atoms with Crippen LogP contribution >= 0.6 is 12.6 Å². The van der Waals surface area contributed by atoms with Gasteiger partial charge in [-0.15, -0.1) is 5.10 Å². The molecular weight excluding hydrogens is 472 g/mol. The van der Waals surface area contributed by atoms with E-state index < -0.39 is 0 Å². The molecule has 0 radical (unpaired) electrons. The molecular formula is C27H36N6O2S. The van der Waals surface area contributed by atoms with Crippen LogP contribution in [0, 0.1) is 5.41 Å². The Bertz CT molecular complexity index is 1130. The van der Waals surface area contributed by atoms with E-state index in [1.54, 1.807) is 0 Å². The number of nitrogens with one attached hydrogen (secondary N) is 2. The Morgan fingerprint density at radius 1 is 1.08 bits per heavy atom. The molecule has 3 rings (SSSR count). The van der Waals surface area contributed by atoms with E-state index in [4.69, 9.17) is 0 Å². The average molecular weight is 509 g/mol. The van der Waals surface area contributed by atoms with Gasteiger partial charge in [-0.1, -0.05) is 76.2 Å². The largest absolute Gasteiger partial charge is 0.353 e. The smallest absolute Gasteiger partial charge is 0.232 e. The van der Waals surface area contributed by atoms with Gasteiger partial charge in [0.1, 0.15) is 0 Å². The van der Waals surface area contributed by atoms with Crippen LogP contribution in [-0.2, 0) is 16.1 Å². The molecule has 192 valence electrons. The van der Waals surface area contributed by atoms with Gasteiger partial charge in [-0.05, 0) is 45.4 Å². The zero-order valence-corrected chi connectivity index (χ0v) is 22.4. The molecule has 0 fully saturated rings. The summed E-state index contributed by atoms with van der Waals surface area (Å²) in [6.07, 6.45) is 1.94. The highest BCUT2D eigenvalue weighted by atomic mass is 32.1. The molecule has 0 unspecified atom stereocenters. The van der Waals surface area contributed by atoms with E-state index >= 15 is 0 Å². The van der Waals surface area contributed by atoms with E-state index in [-0.39, 0.29) is 22.5 Å². The number of benzene rings is 2. The van der Waals surface area contributed by atoms with Crippen molar-refractivity contribution < 1.29 is 9.59 Å². The summed E-state index contributed by atoms with van der Waals surface area (Å²) in [7, 11) is 0. The highest BCUT2D eigenvalue weighted by Crippen LogP contribution is 2.30. The van der Waals surface area contributed by atoms with E-state index in [0.29, 0.717) is 38.3 Å². The summed E-state index contributed by atoms with van der Waals surface area (Å²) >= 11 is 4.46. The lowest BCUT2D eigenvalue weighted by Gasteiger charge is -2.25. The van der Waals surface area contributed by atoms with Gasteiger partial charge in [0.2, 0.25) is 11.8 Å². The van der Waals surface area contributed by atoms with Crippen LogP contribution in [0.4, 0.5) is 0 Å². The van der Waals surface area contributed by atoms with E-state index in [9.17, 15) is 9.59 Å². The van der Waals surface area contributed by atoms with Crippen LogP contribution in [-0.4, -0.2) is 55.7 Å². The van der Waals surface area contributed by atoms with Crippen LogP contribution in [0.15, 0.2) is 48.5 Å². The Hall–Kier alpha value is -3.20. The molecule has 0 aliphatic rings. The van der Waals surface area contributed by atoms with Crippen molar-refractivity contribution in [1.82, 2.24) is 30.8 Å². The number of thiol groups is 1. The number of rotatable bonds is 11. The highest BCUT2D eigenvalue weighted by molar-refractivity contribution is 7.81. The van der Waals surface area contributed by atoms with Crippen molar-refractivity contribution in [2.24, 2.45) is 5.41 Å². The first-order valence-electron chi connectivity index (χ1n) is 12.3. The molecule has 0 saturated carbocycles. The third-order valence-corrected chi connectivity index (χ3v) is 6.19. The monoisotopic (exact) mass is 508 g/mol. The van der Waals surface area contributed by atoms with E-state index in [1.807, 2.05) is 60.4 Å². The van der Waals surface area contributed by atoms with Crippen LogP contribution in [0.3, 0.4) is 0 Å². The molecule has 0 bridgehead atoms. The summed E-state index contributed by atoms with van der Waals surface area (Å²) in [6, 6.07) is 16.1. The molecule has 3 aromatic rings. The fourth-order valence-corrected chi connectivity index (χ4v) is 4.63. The van der Waals surface area contributed by atoms with Gasteiger partial charge < -0.3 is 10.2 Å². The van der Waals surface area contributed by atoms with Crippen LogP contribution in [0.1, 0.15) is 52.5 Å². The summed E-state index contributed by atoms with van der Waals surface area (Å²) in [5, 5.41) is 16.8. The molecule has 8 nitrogen and oxygen atoms in total. The molecule has 0 saturated heterocycles. The minimum Gasteiger partial charge on any atom is -0.353 e. The van der Waals surface area contributed by atoms with Gasteiger partial charge in [-0.3, -0.25) is 9.59 Å². The molecule has 9 heteroatoms. The van der Waals surface area contributed by atoms with Crippen LogP contribution < -0.4 is 5.32 Å². The third kappa shape index (κ3) is 7.91. The first-order valence-corrected chi connectivity index (χ1v) is 12.9. The van der Waals surface area contributed by atoms with Crippen molar-refractivity contribution in [3.05, 3.63) is 54.1 Å². The minimum atomic E-state index is -0.368. The van der Waals surface area contributed by atoms with Crippen LogP contribution in [0.2, 0.25) is 0 Å². The number of aromatic amines is 1. The number of hydrogen-bond acceptors (Lipinski definition) is 6. The summed E-state index contributed by atoms with van der Waals surface area (Å²) in [5.41, 5.74) is 4.00. The predicted octanol–water partition coefficient (Wildman–Crippen LogP) is 4.51. The zero-order valence-electron chi connectivity index (χ0n) is 21.5. The molecule has 0 spiro atoms. The van der Waals surface area contributed by atoms with Gasteiger partial charge in [-0.25, -0.2) is 5.10 Å². The zero-order chi connectivity index (χ0) is 26.1. The van der Waals surface area contributed by atoms with Crippen molar-refractivity contribution in [1.29, 1.82) is 0 Å². The van der Waals surface area contributed by atoms with E-state index in [2.05, 4.69) is 59.3 Å². The van der Waals surface area contributed by atoms with Gasteiger partial charge in [-0.2, -0.15) is 12.6 Å². The number of hydrogen-bond donors (Lipinski definition) is 3. The number of tetrazole rings is 1. The second-order valence-electron chi connectivity index (χ2n) is 10.1. The maximum atomic E-state index is 12.8. The number of carbonyl (C=O) groups excluding carboxylic acids is 2. The molecule has 2 amide bonds.